The average molecular weight is 497 g/mol. The minimum atomic E-state index is -1.56. The molecule has 0 saturated heterocycles. The summed E-state index contributed by atoms with van der Waals surface area (Å²) in [5.41, 5.74) is 6.38. The third-order valence-electron chi connectivity index (χ3n) is 4.78. The summed E-state index contributed by atoms with van der Waals surface area (Å²) in [6, 6.07) is 3.75. The Balaban J connectivity index is 3.08. The Labute approximate surface area is 203 Å². The number of carbonyl (C=O) groups is 5. The number of carbonyl (C=O) groups excluding carboxylic acids is 3. The van der Waals surface area contributed by atoms with Gasteiger partial charge in [-0.1, -0.05) is 44.2 Å². The molecular formula is C22H32N4O7S. The molecule has 7 N–H and O–H groups in total. The SMILES string of the molecule is CC(C)CC(NC(=O)C(CC(=O)O)NC(=O)C(Cc1ccccc1)NC(=O)C(N)CS)C(=O)O. The maximum Gasteiger partial charge on any atom is 0.326 e. The van der Waals surface area contributed by atoms with Crippen molar-refractivity contribution in [2.24, 2.45) is 11.7 Å². The highest BCUT2D eigenvalue weighted by atomic mass is 32.1. The van der Waals surface area contributed by atoms with Gasteiger partial charge in [-0.05, 0) is 17.9 Å². The maximum absolute atomic E-state index is 13.0. The lowest BCUT2D eigenvalue weighted by atomic mass is 10.0. The van der Waals surface area contributed by atoms with Gasteiger partial charge in [-0.2, -0.15) is 12.6 Å². The molecule has 0 aromatic heterocycles. The molecule has 0 aliphatic heterocycles. The van der Waals surface area contributed by atoms with Crippen LogP contribution in [-0.2, 0) is 30.4 Å². The molecule has 4 unspecified atom stereocenters. The van der Waals surface area contributed by atoms with Crippen LogP contribution in [0.1, 0.15) is 32.3 Å². The van der Waals surface area contributed by atoms with Gasteiger partial charge in [0.1, 0.15) is 18.1 Å². The molecule has 0 aliphatic carbocycles. The molecule has 0 spiro atoms. The first-order valence-electron chi connectivity index (χ1n) is 10.7. The number of aliphatic carboxylic acids is 2. The Morgan fingerprint density at radius 1 is 0.882 bits per heavy atom. The summed E-state index contributed by atoms with van der Waals surface area (Å²) in [4.78, 5) is 60.8. The quantitative estimate of drug-likeness (QED) is 0.169. The van der Waals surface area contributed by atoms with Crippen molar-refractivity contribution in [2.75, 3.05) is 5.75 Å². The number of carboxylic acid groups (broad SMARTS) is 2. The zero-order valence-corrected chi connectivity index (χ0v) is 20.0. The molecule has 34 heavy (non-hydrogen) atoms. The molecule has 12 heteroatoms. The average Bonchev–Trinajstić information content (AvgIpc) is 2.76. The maximum atomic E-state index is 13.0. The number of thiol groups is 1. The number of hydrogen-bond donors (Lipinski definition) is 7. The number of carboxylic acids is 2. The van der Waals surface area contributed by atoms with Gasteiger partial charge in [-0.3, -0.25) is 19.2 Å². The van der Waals surface area contributed by atoms with Gasteiger partial charge < -0.3 is 31.9 Å². The fraction of sp³-hybridized carbons (Fsp3) is 0.500. The smallest absolute Gasteiger partial charge is 0.326 e. The first-order valence-corrected chi connectivity index (χ1v) is 11.3. The van der Waals surface area contributed by atoms with Crippen molar-refractivity contribution in [1.29, 1.82) is 0 Å². The van der Waals surface area contributed by atoms with E-state index in [9.17, 15) is 34.2 Å². The highest BCUT2D eigenvalue weighted by molar-refractivity contribution is 7.80. The highest BCUT2D eigenvalue weighted by Crippen LogP contribution is 2.08. The van der Waals surface area contributed by atoms with Crippen molar-refractivity contribution in [3.63, 3.8) is 0 Å². The third kappa shape index (κ3) is 10.2. The van der Waals surface area contributed by atoms with Crippen molar-refractivity contribution in [3.05, 3.63) is 35.9 Å². The molecule has 0 aliphatic rings. The van der Waals surface area contributed by atoms with Crippen LogP contribution in [-0.4, -0.2) is 69.8 Å². The molecule has 4 atom stereocenters. The van der Waals surface area contributed by atoms with E-state index in [4.69, 9.17) is 5.73 Å². The number of nitrogens with one attached hydrogen (secondary N) is 3. The summed E-state index contributed by atoms with van der Waals surface area (Å²) in [6.45, 7) is 3.54. The van der Waals surface area contributed by atoms with E-state index in [1.165, 1.54) is 0 Å². The van der Waals surface area contributed by atoms with Gasteiger partial charge >= 0.3 is 11.9 Å². The van der Waals surface area contributed by atoms with E-state index in [1.807, 2.05) is 0 Å². The van der Waals surface area contributed by atoms with Crippen LogP contribution in [0.15, 0.2) is 30.3 Å². The molecule has 1 aromatic carbocycles. The van der Waals surface area contributed by atoms with Crippen LogP contribution in [0.2, 0.25) is 0 Å². The first kappa shape index (κ1) is 28.9. The van der Waals surface area contributed by atoms with Gasteiger partial charge in [0.25, 0.3) is 0 Å². The predicted octanol–water partition coefficient (Wildman–Crippen LogP) is -0.454. The summed E-state index contributed by atoms with van der Waals surface area (Å²) in [5, 5.41) is 25.7. The van der Waals surface area contributed by atoms with Crippen molar-refractivity contribution in [1.82, 2.24) is 16.0 Å². The lowest BCUT2D eigenvalue weighted by molar-refractivity contribution is -0.144. The van der Waals surface area contributed by atoms with E-state index in [-0.39, 0.29) is 24.5 Å². The molecule has 0 fully saturated rings. The van der Waals surface area contributed by atoms with Crippen LogP contribution in [0.4, 0.5) is 0 Å². The minimum absolute atomic E-state index is 0.0297. The Morgan fingerprint density at radius 2 is 1.41 bits per heavy atom. The van der Waals surface area contributed by atoms with Crippen LogP contribution in [0.5, 0.6) is 0 Å². The van der Waals surface area contributed by atoms with Gasteiger partial charge in [-0.25, -0.2) is 4.79 Å². The van der Waals surface area contributed by atoms with Gasteiger partial charge in [0.05, 0.1) is 12.5 Å². The standard InChI is InChI=1S/C22H32N4O7S/c1-12(2)8-17(22(32)33)26-21(31)16(10-18(27)28)25-20(30)15(24-19(29)14(23)11-34)9-13-6-4-3-5-7-13/h3-7,12,14-17,34H,8-11,23H2,1-2H3,(H,24,29)(H,25,30)(H,26,31)(H,27,28)(H,32,33). The third-order valence-corrected chi connectivity index (χ3v) is 5.18. The highest BCUT2D eigenvalue weighted by Gasteiger charge is 2.31. The zero-order chi connectivity index (χ0) is 25.8. The Hall–Kier alpha value is -3.12. The largest absolute Gasteiger partial charge is 0.481 e. The molecule has 0 saturated carbocycles. The van der Waals surface area contributed by atoms with Crippen molar-refractivity contribution >= 4 is 42.3 Å². The van der Waals surface area contributed by atoms with Crippen molar-refractivity contribution < 1.29 is 34.2 Å². The van der Waals surface area contributed by atoms with Crippen LogP contribution in [0.3, 0.4) is 0 Å². The molecule has 0 heterocycles. The van der Waals surface area contributed by atoms with E-state index >= 15 is 0 Å². The summed E-state index contributed by atoms with van der Waals surface area (Å²) in [7, 11) is 0. The second-order valence-electron chi connectivity index (χ2n) is 8.23. The Morgan fingerprint density at radius 3 is 1.91 bits per heavy atom. The number of hydrogen-bond acceptors (Lipinski definition) is 7. The summed E-state index contributed by atoms with van der Waals surface area (Å²) < 4.78 is 0. The van der Waals surface area contributed by atoms with E-state index < -0.39 is 60.2 Å². The number of amides is 3. The molecule has 11 nitrogen and oxygen atoms in total. The van der Waals surface area contributed by atoms with Crippen molar-refractivity contribution in [3.8, 4) is 0 Å². The van der Waals surface area contributed by atoms with E-state index in [0.29, 0.717) is 5.56 Å². The fourth-order valence-corrected chi connectivity index (χ4v) is 3.21. The van der Waals surface area contributed by atoms with Gasteiger partial charge in [0, 0.05) is 12.2 Å². The number of benzene rings is 1. The molecule has 0 radical (unpaired) electrons. The number of rotatable bonds is 14. The molecule has 3 amide bonds. The normalized spacial score (nSPS) is 14.4. The van der Waals surface area contributed by atoms with Crippen LogP contribution in [0.25, 0.3) is 0 Å². The van der Waals surface area contributed by atoms with Gasteiger partial charge in [-0.15, -0.1) is 0 Å². The molecule has 1 rings (SSSR count). The lowest BCUT2D eigenvalue weighted by Crippen LogP contribution is -2.58. The summed E-state index contributed by atoms with van der Waals surface area (Å²) >= 11 is 3.97. The van der Waals surface area contributed by atoms with Crippen LogP contribution in [0, 0.1) is 5.92 Å². The van der Waals surface area contributed by atoms with Gasteiger partial charge in [0.2, 0.25) is 17.7 Å². The first-order chi connectivity index (χ1) is 15.9. The summed E-state index contributed by atoms with van der Waals surface area (Å²) in [6.07, 6.45) is -0.624. The molecule has 188 valence electrons. The Kier molecular flexibility index (Phi) is 12.1. The minimum Gasteiger partial charge on any atom is -0.481 e. The second kappa shape index (κ2) is 14.2. The van der Waals surface area contributed by atoms with Gasteiger partial charge in [0.15, 0.2) is 0 Å². The monoisotopic (exact) mass is 496 g/mol. The van der Waals surface area contributed by atoms with Crippen LogP contribution >= 0.6 is 12.6 Å². The zero-order valence-electron chi connectivity index (χ0n) is 19.1. The molecule has 0 bridgehead atoms. The fourth-order valence-electron chi connectivity index (χ4n) is 3.04. The molecular weight excluding hydrogens is 464 g/mol. The topological polar surface area (TPSA) is 188 Å². The van der Waals surface area contributed by atoms with E-state index in [2.05, 4.69) is 28.6 Å². The molecule has 1 aromatic rings. The summed E-state index contributed by atoms with van der Waals surface area (Å²) in [5.74, 6) is -5.11. The number of nitrogens with two attached hydrogens (primary N) is 1. The van der Waals surface area contributed by atoms with E-state index in [1.54, 1.807) is 44.2 Å². The van der Waals surface area contributed by atoms with E-state index in [0.717, 1.165) is 0 Å². The Bertz CT molecular complexity index is 866. The van der Waals surface area contributed by atoms with Crippen LogP contribution < -0.4 is 21.7 Å². The van der Waals surface area contributed by atoms with Crippen molar-refractivity contribution in [2.45, 2.75) is 57.3 Å². The second-order valence-corrected chi connectivity index (χ2v) is 8.59. The lowest BCUT2D eigenvalue weighted by Gasteiger charge is -2.25. The predicted molar refractivity (Wildman–Crippen MR) is 127 cm³/mol.